The standard InChI is InChI=1S/C24H21N3O3S/c1-30-13-20(29)23-22(17-12-15-7-3-5-9-18(15)25-24(17)31-23)27-26-21-16-8-4-2-6-14(16)10-11-19(21)28/h2,4,6,8,10-12,28H,3,5,7,9,13H2,1H3. The van der Waals surface area contributed by atoms with E-state index in [1.807, 2.05) is 30.3 Å². The number of azo groups is 1. The van der Waals surface area contributed by atoms with Gasteiger partial charge in [0.15, 0.2) is 0 Å². The van der Waals surface area contributed by atoms with Gasteiger partial charge >= 0.3 is 0 Å². The fraction of sp³-hybridized carbons (Fsp3) is 0.250. The van der Waals surface area contributed by atoms with Gasteiger partial charge in [-0.25, -0.2) is 4.98 Å². The summed E-state index contributed by atoms with van der Waals surface area (Å²) >= 11 is 1.33. The van der Waals surface area contributed by atoms with Crippen LogP contribution in [0.15, 0.2) is 52.7 Å². The maximum Gasteiger partial charge on any atom is 0.200 e. The summed E-state index contributed by atoms with van der Waals surface area (Å²) < 4.78 is 5.07. The summed E-state index contributed by atoms with van der Waals surface area (Å²) in [5.74, 6) is -0.109. The molecule has 0 amide bonds. The van der Waals surface area contributed by atoms with Crippen LogP contribution in [0.25, 0.3) is 21.0 Å². The fourth-order valence-electron chi connectivity index (χ4n) is 4.06. The highest BCUT2D eigenvalue weighted by atomic mass is 32.1. The highest BCUT2D eigenvalue weighted by molar-refractivity contribution is 7.21. The third kappa shape index (κ3) is 3.60. The number of hydrogen-bond acceptors (Lipinski definition) is 7. The Morgan fingerprint density at radius 2 is 1.90 bits per heavy atom. The number of methoxy groups -OCH3 is 1. The van der Waals surface area contributed by atoms with Crippen LogP contribution < -0.4 is 0 Å². The van der Waals surface area contributed by atoms with E-state index in [1.165, 1.54) is 24.0 Å². The van der Waals surface area contributed by atoms with Gasteiger partial charge in [-0.05, 0) is 48.8 Å². The van der Waals surface area contributed by atoms with Gasteiger partial charge in [-0.2, -0.15) is 0 Å². The Hall–Kier alpha value is -3.16. The average Bonchev–Trinajstić information content (AvgIpc) is 3.14. The largest absolute Gasteiger partial charge is 0.506 e. The maximum atomic E-state index is 12.8. The van der Waals surface area contributed by atoms with Crippen LogP contribution in [0.3, 0.4) is 0 Å². The number of rotatable bonds is 5. The molecule has 31 heavy (non-hydrogen) atoms. The van der Waals surface area contributed by atoms with Crippen molar-refractivity contribution < 1.29 is 14.6 Å². The Balaban J connectivity index is 1.69. The molecule has 2 aromatic heterocycles. The molecular formula is C24H21N3O3S. The molecule has 0 bridgehead atoms. The first-order valence-corrected chi connectivity index (χ1v) is 11.1. The number of Topliss-reactive ketones (excluding diaryl/α,β-unsaturated/α-hetero) is 1. The van der Waals surface area contributed by atoms with Crippen molar-refractivity contribution in [3.05, 3.63) is 58.6 Å². The van der Waals surface area contributed by atoms with E-state index in [0.29, 0.717) is 16.3 Å². The molecule has 0 saturated heterocycles. The van der Waals surface area contributed by atoms with Crippen molar-refractivity contribution >= 4 is 49.5 Å². The Kier molecular flexibility index (Phi) is 5.21. The minimum atomic E-state index is -0.153. The summed E-state index contributed by atoms with van der Waals surface area (Å²) in [6, 6.07) is 13.2. The highest BCUT2D eigenvalue weighted by Crippen LogP contribution is 2.42. The number of phenolic OH excluding ortho intramolecular Hbond substituents is 1. The number of carbonyl (C=O) groups is 1. The maximum absolute atomic E-state index is 12.8. The zero-order valence-corrected chi connectivity index (χ0v) is 17.9. The van der Waals surface area contributed by atoms with Gasteiger partial charge in [0.1, 0.15) is 33.4 Å². The van der Waals surface area contributed by atoms with Gasteiger partial charge in [0.25, 0.3) is 0 Å². The van der Waals surface area contributed by atoms with Crippen molar-refractivity contribution in [2.75, 3.05) is 13.7 Å². The number of fused-ring (bicyclic) bond motifs is 3. The number of benzene rings is 2. The first kappa shape index (κ1) is 19.8. The number of hydrogen-bond donors (Lipinski definition) is 1. The second-order valence-corrected chi connectivity index (χ2v) is 8.64. The number of phenols is 1. The molecule has 0 aliphatic heterocycles. The molecule has 1 aliphatic carbocycles. The average molecular weight is 432 g/mol. The lowest BCUT2D eigenvalue weighted by Gasteiger charge is -2.14. The molecule has 0 unspecified atom stereocenters. The molecule has 0 radical (unpaired) electrons. The minimum absolute atomic E-state index is 0.0332. The number of ether oxygens (including phenoxy) is 1. The number of pyridine rings is 1. The van der Waals surface area contributed by atoms with E-state index in [2.05, 4.69) is 16.3 Å². The number of thiophene rings is 1. The fourth-order valence-corrected chi connectivity index (χ4v) is 5.10. The lowest BCUT2D eigenvalue weighted by atomic mass is 9.95. The van der Waals surface area contributed by atoms with E-state index < -0.39 is 0 Å². The molecule has 2 heterocycles. The van der Waals surface area contributed by atoms with E-state index in [-0.39, 0.29) is 18.1 Å². The highest BCUT2D eigenvalue weighted by Gasteiger charge is 2.22. The summed E-state index contributed by atoms with van der Waals surface area (Å²) in [5, 5.41) is 21.9. The zero-order valence-electron chi connectivity index (χ0n) is 17.1. The first-order valence-electron chi connectivity index (χ1n) is 10.3. The van der Waals surface area contributed by atoms with Crippen molar-refractivity contribution in [3.63, 3.8) is 0 Å². The second-order valence-electron chi connectivity index (χ2n) is 7.64. The van der Waals surface area contributed by atoms with Crippen LogP contribution in [0.1, 0.15) is 33.8 Å². The minimum Gasteiger partial charge on any atom is -0.506 e. The first-order chi connectivity index (χ1) is 15.2. The van der Waals surface area contributed by atoms with Crippen LogP contribution >= 0.6 is 11.3 Å². The van der Waals surface area contributed by atoms with Gasteiger partial charge in [-0.3, -0.25) is 4.79 Å². The van der Waals surface area contributed by atoms with Crippen molar-refractivity contribution in [3.8, 4) is 5.75 Å². The van der Waals surface area contributed by atoms with Gasteiger partial charge in [0, 0.05) is 23.6 Å². The normalized spacial score (nSPS) is 13.8. The second kappa shape index (κ2) is 8.17. The van der Waals surface area contributed by atoms with E-state index >= 15 is 0 Å². The Bertz CT molecular complexity index is 1340. The van der Waals surface area contributed by atoms with Crippen molar-refractivity contribution in [1.29, 1.82) is 0 Å². The van der Waals surface area contributed by atoms with Crippen LogP contribution in [-0.4, -0.2) is 29.6 Å². The third-order valence-corrected chi connectivity index (χ3v) is 6.72. The molecule has 0 saturated carbocycles. The number of carbonyl (C=O) groups excluding carboxylic acids is 1. The monoisotopic (exact) mass is 431 g/mol. The lowest BCUT2D eigenvalue weighted by Crippen LogP contribution is -2.04. The van der Waals surface area contributed by atoms with Gasteiger partial charge in [-0.15, -0.1) is 21.6 Å². The molecule has 0 fully saturated rings. The van der Waals surface area contributed by atoms with E-state index in [4.69, 9.17) is 9.72 Å². The molecule has 156 valence electrons. The Morgan fingerprint density at radius 3 is 2.77 bits per heavy atom. The molecular weight excluding hydrogens is 410 g/mol. The van der Waals surface area contributed by atoms with Gasteiger partial charge in [0.05, 0.1) is 0 Å². The number of ketones is 1. The summed E-state index contributed by atoms with van der Waals surface area (Å²) in [5.41, 5.74) is 3.21. The van der Waals surface area contributed by atoms with Crippen molar-refractivity contribution in [2.45, 2.75) is 25.7 Å². The summed E-state index contributed by atoms with van der Waals surface area (Å²) in [6.45, 7) is -0.0332. The van der Waals surface area contributed by atoms with Crippen molar-refractivity contribution in [2.24, 2.45) is 10.2 Å². The molecule has 6 nitrogen and oxygen atoms in total. The van der Waals surface area contributed by atoms with Crippen LogP contribution in [0.5, 0.6) is 5.75 Å². The molecule has 1 aliphatic rings. The SMILES string of the molecule is COCC(=O)c1sc2nc3c(cc2c1N=Nc1c(O)ccc2ccccc12)CCCC3. The third-order valence-electron chi connectivity index (χ3n) is 5.59. The van der Waals surface area contributed by atoms with Crippen LogP contribution in [0.4, 0.5) is 11.4 Å². The predicted octanol–water partition coefficient (Wildman–Crippen LogP) is 6.28. The predicted molar refractivity (Wildman–Crippen MR) is 122 cm³/mol. The topological polar surface area (TPSA) is 84.1 Å². The van der Waals surface area contributed by atoms with E-state index in [0.717, 1.165) is 52.4 Å². The summed E-state index contributed by atoms with van der Waals surface area (Å²) in [7, 11) is 1.50. The van der Waals surface area contributed by atoms with Gasteiger partial charge < -0.3 is 9.84 Å². The number of nitrogens with zero attached hydrogens (tertiary/aromatic N) is 3. The number of aryl methyl sites for hydroxylation is 2. The Morgan fingerprint density at radius 1 is 1.10 bits per heavy atom. The molecule has 2 aromatic carbocycles. The molecule has 7 heteroatoms. The molecule has 4 aromatic rings. The van der Waals surface area contributed by atoms with Gasteiger partial charge in [0.2, 0.25) is 5.78 Å². The Labute approximate surface area is 183 Å². The summed E-state index contributed by atoms with van der Waals surface area (Å²) in [6.07, 6.45) is 4.22. The van der Waals surface area contributed by atoms with E-state index in [1.54, 1.807) is 6.07 Å². The molecule has 5 rings (SSSR count). The quantitative estimate of drug-likeness (QED) is 0.298. The van der Waals surface area contributed by atoms with Gasteiger partial charge in [-0.1, -0.05) is 30.3 Å². The zero-order chi connectivity index (χ0) is 21.4. The van der Waals surface area contributed by atoms with Crippen LogP contribution in [0.2, 0.25) is 0 Å². The number of aromatic nitrogens is 1. The molecule has 1 N–H and O–H groups in total. The number of aromatic hydroxyl groups is 1. The molecule has 0 atom stereocenters. The van der Waals surface area contributed by atoms with Crippen LogP contribution in [0, 0.1) is 0 Å². The molecule has 0 spiro atoms. The van der Waals surface area contributed by atoms with Crippen molar-refractivity contribution in [1.82, 2.24) is 4.98 Å². The summed E-state index contributed by atoms with van der Waals surface area (Å²) in [4.78, 5) is 18.9. The van der Waals surface area contributed by atoms with E-state index in [9.17, 15) is 9.90 Å². The smallest absolute Gasteiger partial charge is 0.200 e. The van der Waals surface area contributed by atoms with Crippen LogP contribution in [-0.2, 0) is 17.6 Å². The lowest BCUT2D eigenvalue weighted by molar-refractivity contribution is 0.0853.